The van der Waals surface area contributed by atoms with Crippen LogP contribution in [0.25, 0.3) is 0 Å². The number of aliphatic hydroxyl groups excluding tert-OH is 1. The molecule has 1 aromatic carbocycles. The first kappa shape index (κ1) is 15.2. The summed E-state index contributed by atoms with van der Waals surface area (Å²) in [4.78, 5) is 11.3. The van der Waals surface area contributed by atoms with Crippen LogP contribution in [0, 0.1) is 0 Å². The van der Waals surface area contributed by atoms with Crippen LogP contribution in [0.3, 0.4) is 0 Å². The third kappa shape index (κ3) is 4.82. The molecule has 0 saturated carbocycles. The highest BCUT2D eigenvalue weighted by Crippen LogP contribution is 2.25. The number of carbonyl (C=O) groups is 1. The normalized spacial score (nSPS) is 12.2. The van der Waals surface area contributed by atoms with E-state index in [-0.39, 0.29) is 19.1 Å². The van der Waals surface area contributed by atoms with Crippen molar-refractivity contribution in [2.75, 3.05) is 19.8 Å². The van der Waals surface area contributed by atoms with Crippen LogP contribution in [-0.4, -0.2) is 30.8 Å². The van der Waals surface area contributed by atoms with Crippen molar-refractivity contribution < 1.29 is 14.6 Å². The molecule has 100 valence electrons. The maximum atomic E-state index is 11.3. The Hall–Kier alpha value is -0.810. The summed E-state index contributed by atoms with van der Waals surface area (Å²) in [6, 6.07) is 4.81. The van der Waals surface area contributed by atoms with E-state index in [0.29, 0.717) is 22.2 Å². The summed E-state index contributed by atoms with van der Waals surface area (Å²) in [5, 5.41) is 13.3. The molecule has 1 unspecified atom stereocenters. The van der Waals surface area contributed by atoms with Gasteiger partial charge >= 0.3 is 0 Å². The molecule has 0 bridgehead atoms. The molecule has 18 heavy (non-hydrogen) atoms. The summed E-state index contributed by atoms with van der Waals surface area (Å²) in [6.45, 7) is 2.33. The Bertz CT molecular complexity index is 412. The largest absolute Gasteiger partial charge is 0.387 e. The van der Waals surface area contributed by atoms with Gasteiger partial charge in [0.1, 0.15) is 6.61 Å². The Morgan fingerprint density at radius 1 is 1.50 bits per heavy atom. The van der Waals surface area contributed by atoms with Gasteiger partial charge in [-0.15, -0.1) is 0 Å². The van der Waals surface area contributed by atoms with Gasteiger partial charge in [-0.3, -0.25) is 4.79 Å². The van der Waals surface area contributed by atoms with Crippen LogP contribution < -0.4 is 5.32 Å². The molecule has 0 aliphatic heterocycles. The number of rotatable bonds is 6. The third-order valence-corrected chi connectivity index (χ3v) is 2.81. The first-order valence-corrected chi connectivity index (χ1v) is 6.27. The fourth-order valence-electron chi connectivity index (χ4n) is 1.34. The second kappa shape index (κ2) is 7.59. The molecule has 1 aromatic rings. The number of hydrogen-bond donors (Lipinski definition) is 2. The van der Waals surface area contributed by atoms with E-state index in [1.54, 1.807) is 25.1 Å². The molecule has 0 fully saturated rings. The van der Waals surface area contributed by atoms with Crippen LogP contribution in [0.15, 0.2) is 18.2 Å². The Morgan fingerprint density at radius 2 is 2.22 bits per heavy atom. The molecular weight excluding hydrogens is 277 g/mol. The summed E-state index contributed by atoms with van der Waals surface area (Å²) < 4.78 is 4.94. The number of ether oxygens (including phenoxy) is 1. The minimum absolute atomic E-state index is 0.0163. The van der Waals surface area contributed by atoms with Crippen LogP contribution in [0.2, 0.25) is 10.0 Å². The molecular formula is C12H15Cl2NO3. The van der Waals surface area contributed by atoms with Gasteiger partial charge in [0.15, 0.2) is 0 Å². The molecule has 1 atom stereocenters. The predicted octanol–water partition coefficient (Wildman–Crippen LogP) is 2.18. The van der Waals surface area contributed by atoms with Crippen LogP contribution in [-0.2, 0) is 9.53 Å². The van der Waals surface area contributed by atoms with E-state index < -0.39 is 6.10 Å². The zero-order chi connectivity index (χ0) is 13.5. The van der Waals surface area contributed by atoms with Gasteiger partial charge < -0.3 is 15.2 Å². The molecule has 4 nitrogen and oxygen atoms in total. The second-order valence-corrected chi connectivity index (χ2v) is 4.47. The highest BCUT2D eigenvalue weighted by Gasteiger charge is 2.13. The molecule has 0 radical (unpaired) electrons. The van der Waals surface area contributed by atoms with E-state index in [1.165, 1.54) is 0 Å². The van der Waals surface area contributed by atoms with E-state index in [9.17, 15) is 9.90 Å². The zero-order valence-corrected chi connectivity index (χ0v) is 11.5. The van der Waals surface area contributed by atoms with Crippen LogP contribution in [0.1, 0.15) is 18.6 Å². The monoisotopic (exact) mass is 291 g/mol. The first-order valence-electron chi connectivity index (χ1n) is 5.52. The van der Waals surface area contributed by atoms with Crippen molar-refractivity contribution in [3.05, 3.63) is 33.8 Å². The molecule has 0 heterocycles. The highest BCUT2D eigenvalue weighted by molar-refractivity contribution is 6.35. The van der Waals surface area contributed by atoms with Crippen LogP contribution in [0.5, 0.6) is 0 Å². The van der Waals surface area contributed by atoms with E-state index in [2.05, 4.69) is 5.32 Å². The van der Waals surface area contributed by atoms with Crippen molar-refractivity contribution in [3.8, 4) is 0 Å². The standard InChI is InChI=1S/C12H15Cl2NO3/c1-2-18-7-12(17)15-6-11(16)9-4-3-8(13)5-10(9)14/h3-5,11,16H,2,6-7H2,1H3,(H,15,17). The van der Waals surface area contributed by atoms with Gasteiger partial charge in [-0.2, -0.15) is 0 Å². The van der Waals surface area contributed by atoms with E-state index >= 15 is 0 Å². The average Bonchev–Trinajstić information content (AvgIpc) is 2.33. The van der Waals surface area contributed by atoms with Gasteiger partial charge in [0.2, 0.25) is 5.91 Å². The van der Waals surface area contributed by atoms with E-state index in [1.807, 2.05) is 0 Å². The van der Waals surface area contributed by atoms with Gasteiger partial charge in [0.05, 0.1) is 6.10 Å². The van der Waals surface area contributed by atoms with Crippen LogP contribution >= 0.6 is 23.2 Å². The second-order valence-electron chi connectivity index (χ2n) is 3.62. The number of aliphatic hydroxyl groups is 1. The Labute approximate surface area is 116 Å². The molecule has 0 spiro atoms. The lowest BCUT2D eigenvalue weighted by atomic mass is 10.1. The molecule has 6 heteroatoms. The fourth-order valence-corrected chi connectivity index (χ4v) is 1.87. The highest BCUT2D eigenvalue weighted by atomic mass is 35.5. The SMILES string of the molecule is CCOCC(=O)NCC(O)c1ccc(Cl)cc1Cl. The Kier molecular flexibility index (Phi) is 6.43. The topological polar surface area (TPSA) is 58.6 Å². The smallest absolute Gasteiger partial charge is 0.246 e. The van der Waals surface area contributed by atoms with E-state index in [0.717, 1.165) is 0 Å². The number of benzene rings is 1. The lowest BCUT2D eigenvalue weighted by Crippen LogP contribution is -2.31. The number of amides is 1. The van der Waals surface area contributed by atoms with Gasteiger partial charge in [-0.1, -0.05) is 29.3 Å². The quantitative estimate of drug-likeness (QED) is 0.845. The van der Waals surface area contributed by atoms with Crippen molar-refractivity contribution >= 4 is 29.1 Å². The summed E-state index contributed by atoms with van der Waals surface area (Å²) in [7, 11) is 0. The molecule has 0 aromatic heterocycles. The minimum Gasteiger partial charge on any atom is -0.387 e. The molecule has 1 amide bonds. The molecule has 2 N–H and O–H groups in total. The first-order chi connectivity index (χ1) is 8.54. The van der Waals surface area contributed by atoms with Crippen molar-refractivity contribution in [1.82, 2.24) is 5.32 Å². The van der Waals surface area contributed by atoms with Crippen molar-refractivity contribution in [3.63, 3.8) is 0 Å². The Balaban J connectivity index is 2.50. The average molecular weight is 292 g/mol. The van der Waals surface area contributed by atoms with Gasteiger partial charge in [0, 0.05) is 28.8 Å². The summed E-state index contributed by atoms with van der Waals surface area (Å²) in [5.74, 6) is -0.277. The number of halogens is 2. The van der Waals surface area contributed by atoms with Crippen LogP contribution in [0.4, 0.5) is 0 Å². The maximum absolute atomic E-state index is 11.3. The summed E-state index contributed by atoms with van der Waals surface area (Å²) in [5.41, 5.74) is 0.526. The third-order valence-electron chi connectivity index (χ3n) is 2.25. The number of hydrogen-bond acceptors (Lipinski definition) is 3. The Morgan fingerprint density at radius 3 is 2.83 bits per heavy atom. The number of carbonyl (C=O) groups excluding carboxylic acids is 1. The molecule has 1 rings (SSSR count). The zero-order valence-electron chi connectivity index (χ0n) is 9.95. The summed E-state index contributed by atoms with van der Waals surface area (Å²) >= 11 is 11.7. The van der Waals surface area contributed by atoms with Gasteiger partial charge in [0.25, 0.3) is 0 Å². The lowest BCUT2D eigenvalue weighted by molar-refractivity contribution is -0.126. The maximum Gasteiger partial charge on any atom is 0.246 e. The molecule has 0 saturated heterocycles. The molecule has 0 aliphatic rings. The number of nitrogens with one attached hydrogen (secondary N) is 1. The minimum atomic E-state index is -0.875. The van der Waals surface area contributed by atoms with Crippen molar-refractivity contribution in [1.29, 1.82) is 0 Å². The van der Waals surface area contributed by atoms with Gasteiger partial charge in [-0.25, -0.2) is 0 Å². The van der Waals surface area contributed by atoms with Crippen molar-refractivity contribution in [2.45, 2.75) is 13.0 Å². The predicted molar refractivity (Wildman–Crippen MR) is 70.9 cm³/mol. The molecule has 0 aliphatic carbocycles. The van der Waals surface area contributed by atoms with Crippen molar-refractivity contribution in [2.24, 2.45) is 0 Å². The fraction of sp³-hybridized carbons (Fsp3) is 0.417. The summed E-state index contributed by atoms with van der Waals surface area (Å²) in [6.07, 6.45) is -0.875. The lowest BCUT2D eigenvalue weighted by Gasteiger charge is -2.14. The van der Waals surface area contributed by atoms with E-state index in [4.69, 9.17) is 27.9 Å². The van der Waals surface area contributed by atoms with Gasteiger partial charge in [-0.05, 0) is 19.1 Å².